The number of piperidine rings is 1. The van der Waals surface area contributed by atoms with Gasteiger partial charge in [0, 0.05) is 43.6 Å². The third kappa shape index (κ3) is 4.02. The summed E-state index contributed by atoms with van der Waals surface area (Å²) < 4.78 is 18.9. The molecular formula is C21H25FN4O3. The van der Waals surface area contributed by atoms with Gasteiger partial charge in [0.1, 0.15) is 5.82 Å². The molecule has 2 fully saturated rings. The highest BCUT2D eigenvalue weighted by Gasteiger charge is 2.38. The molecule has 2 amide bonds. The van der Waals surface area contributed by atoms with Crippen LogP contribution in [0.1, 0.15) is 56.7 Å². The van der Waals surface area contributed by atoms with E-state index in [9.17, 15) is 14.0 Å². The first-order valence-corrected chi connectivity index (χ1v) is 10.1. The molecule has 0 spiro atoms. The Bertz CT molecular complexity index is 888. The number of aromatic nitrogens is 2. The van der Waals surface area contributed by atoms with E-state index >= 15 is 0 Å². The number of benzene rings is 1. The molecule has 2 aliphatic heterocycles. The number of hydrogen-bond acceptors (Lipinski definition) is 5. The van der Waals surface area contributed by atoms with Crippen molar-refractivity contribution in [3.8, 4) is 0 Å². The van der Waals surface area contributed by atoms with E-state index in [2.05, 4.69) is 10.2 Å². The van der Waals surface area contributed by atoms with E-state index in [1.165, 1.54) is 12.1 Å². The minimum absolute atomic E-state index is 0.00908. The van der Waals surface area contributed by atoms with E-state index in [0.717, 1.165) is 12.8 Å². The lowest BCUT2D eigenvalue weighted by Crippen LogP contribution is -2.42. The third-order valence-corrected chi connectivity index (χ3v) is 5.72. The molecule has 7 nitrogen and oxygen atoms in total. The molecule has 0 bridgehead atoms. The molecule has 0 N–H and O–H groups in total. The quantitative estimate of drug-likeness (QED) is 0.788. The van der Waals surface area contributed by atoms with Gasteiger partial charge in [-0.3, -0.25) is 9.59 Å². The number of anilines is 1. The van der Waals surface area contributed by atoms with E-state index in [-0.39, 0.29) is 41.8 Å². The van der Waals surface area contributed by atoms with Gasteiger partial charge in [-0.15, -0.1) is 10.2 Å². The van der Waals surface area contributed by atoms with Crippen LogP contribution in [0.15, 0.2) is 28.7 Å². The molecule has 0 radical (unpaired) electrons. The largest absolute Gasteiger partial charge is 0.425 e. The topological polar surface area (TPSA) is 79.5 Å². The van der Waals surface area contributed by atoms with Crippen LogP contribution in [-0.4, -0.2) is 46.5 Å². The van der Waals surface area contributed by atoms with E-state index in [1.54, 1.807) is 17.0 Å². The second kappa shape index (κ2) is 7.93. The SMILES string of the molecule is CC(C)c1nnc(C2CCN(C(=O)C3CC(=O)N(c4ccc(F)cc4)C3)CC2)o1. The average molecular weight is 400 g/mol. The van der Waals surface area contributed by atoms with Crippen LogP contribution in [0.2, 0.25) is 0 Å². The summed E-state index contributed by atoms with van der Waals surface area (Å²) in [5.41, 5.74) is 0.628. The number of hydrogen-bond donors (Lipinski definition) is 0. The molecule has 154 valence electrons. The van der Waals surface area contributed by atoms with E-state index in [4.69, 9.17) is 4.42 Å². The van der Waals surface area contributed by atoms with E-state index < -0.39 is 0 Å². The zero-order chi connectivity index (χ0) is 20.5. The molecule has 8 heteroatoms. The van der Waals surface area contributed by atoms with E-state index in [1.807, 2.05) is 18.7 Å². The lowest BCUT2D eigenvalue weighted by Gasteiger charge is -2.32. The highest BCUT2D eigenvalue weighted by molar-refractivity contribution is 6.00. The number of nitrogens with zero attached hydrogens (tertiary/aromatic N) is 4. The molecule has 2 saturated heterocycles. The lowest BCUT2D eigenvalue weighted by molar-refractivity contribution is -0.136. The maximum Gasteiger partial charge on any atom is 0.228 e. The monoisotopic (exact) mass is 400 g/mol. The van der Waals surface area contributed by atoms with Gasteiger partial charge in [-0.05, 0) is 37.1 Å². The molecule has 2 aromatic rings. The molecular weight excluding hydrogens is 375 g/mol. The second-order valence-corrected chi connectivity index (χ2v) is 8.11. The Kier molecular flexibility index (Phi) is 5.34. The van der Waals surface area contributed by atoms with Gasteiger partial charge in [0.05, 0.1) is 5.92 Å². The van der Waals surface area contributed by atoms with Crippen molar-refractivity contribution < 1.29 is 18.4 Å². The Hall–Kier alpha value is -2.77. The van der Waals surface area contributed by atoms with Gasteiger partial charge in [0.15, 0.2) is 0 Å². The zero-order valence-corrected chi connectivity index (χ0v) is 16.7. The van der Waals surface area contributed by atoms with Crippen LogP contribution in [0.25, 0.3) is 0 Å². The Balaban J connectivity index is 1.35. The number of amides is 2. The number of likely N-dealkylation sites (tertiary alicyclic amines) is 1. The van der Waals surface area contributed by atoms with Crippen molar-refractivity contribution in [3.05, 3.63) is 41.9 Å². The van der Waals surface area contributed by atoms with Crippen molar-refractivity contribution in [2.75, 3.05) is 24.5 Å². The highest BCUT2D eigenvalue weighted by atomic mass is 19.1. The third-order valence-electron chi connectivity index (χ3n) is 5.72. The maximum absolute atomic E-state index is 13.1. The van der Waals surface area contributed by atoms with Gasteiger partial charge in [0.25, 0.3) is 0 Å². The van der Waals surface area contributed by atoms with Crippen LogP contribution in [0.3, 0.4) is 0 Å². The molecule has 0 saturated carbocycles. The van der Waals surface area contributed by atoms with Crippen molar-refractivity contribution in [2.24, 2.45) is 5.92 Å². The first kappa shape index (κ1) is 19.5. The van der Waals surface area contributed by atoms with Crippen LogP contribution >= 0.6 is 0 Å². The van der Waals surface area contributed by atoms with Crippen molar-refractivity contribution in [1.29, 1.82) is 0 Å². The molecule has 1 unspecified atom stereocenters. The lowest BCUT2D eigenvalue weighted by atomic mass is 9.95. The van der Waals surface area contributed by atoms with Crippen molar-refractivity contribution in [3.63, 3.8) is 0 Å². The fourth-order valence-corrected chi connectivity index (χ4v) is 3.99. The predicted octanol–water partition coefficient (Wildman–Crippen LogP) is 3.09. The minimum Gasteiger partial charge on any atom is -0.425 e. The maximum atomic E-state index is 13.1. The fraction of sp³-hybridized carbons (Fsp3) is 0.524. The molecule has 1 aromatic heterocycles. The predicted molar refractivity (Wildman–Crippen MR) is 104 cm³/mol. The zero-order valence-electron chi connectivity index (χ0n) is 16.7. The summed E-state index contributed by atoms with van der Waals surface area (Å²) in [5, 5.41) is 8.27. The summed E-state index contributed by atoms with van der Waals surface area (Å²) in [5.74, 6) is 0.856. The van der Waals surface area contributed by atoms with Crippen LogP contribution in [0, 0.1) is 11.7 Å². The summed E-state index contributed by atoms with van der Waals surface area (Å²) in [6, 6.07) is 5.79. The van der Waals surface area contributed by atoms with Crippen LogP contribution < -0.4 is 4.90 Å². The van der Waals surface area contributed by atoms with Crippen LogP contribution in [0.5, 0.6) is 0 Å². The summed E-state index contributed by atoms with van der Waals surface area (Å²) in [6.45, 7) is 5.59. The van der Waals surface area contributed by atoms with Gasteiger partial charge in [-0.25, -0.2) is 4.39 Å². The summed E-state index contributed by atoms with van der Waals surface area (Å²) >= 11 is 0. The molecule has 1 atom stereocenters. The second-order valence-electron chi connectivity index (χ2n) is 8.11. The van der Waals surface area contributed by atoms with Gasteiger partial charge >= 0.3 is 0 Å². The van der Waals surface area contributed by atoms with Gasteiger partial charge in [0.2, 0.25) is 23.6 Å². The van der Waals surface area contributed by atoms with Crippen molar-refractivity contribution in [2.45, 2.75) is 44.9 Å². The van der Waals surface area contributed by atoms with Gasteiger partial charge in [-0.1, -0.05) is 13.8 Å². The normalized spacial score (nSPS) is 20.7. The standard InChI is InChI=1S/C21H25FN4O3/c1-13(2)19-23-24-20(29-19)14-7-9-25(10-8-14)21(28)15-11-18(27)26(12-15)17-5-3-16(22)4-6-17/h3-6,13-15H,7-12H2,1-2H3. The Labute approximate surface area is 168 Å². The number of carbonyl (C=O) groups is 2. The first-order valence-electron chi connectivity index (χ1n) is 10.1. The molecule has 3 heterocycles. The highest BCUT2D eigenvalue weighted by Crippen LogP contribution is 2.31. The van der Waals surface area contributed by atoms with Gasteiger partial charge < -0.3 is 14.2 Å². The van der Waals surface area contributed by atoms with E-state index in [0.29, 0.717) is 37.1 Å². The Morgan fingerprint density at radius 2 is 1.86 bits per heavy atom. The summed E-state index contributed by atoms with van der Waals surface area (Å²) in [4.78, 5) is 28.7. The van der Waals surface area contributed by atoms with Gasteiger partial charge in [-0.2, -0.15) is 0 Å². The molecule has 4 rings (SSSR count). The van der Waals surface area contributed by atoms with Crippen LogP contribution in [0.4, 0.5) is 10.1 Å². The number of rotatable bonds is 4. The van der Waals surface area contributed by atoms with Crippen LogP contribution in [-0.2, 0) is 9.59 Å². The summed E-state index contributed by atoms with van der Waals surface area (Å²) in [6.07, 6.45) is 1.74. The van der Waals surface area contributed by atoms with Crippen molar-refractivity contribution in [1.82, 2.24) is 15.1 Å². The van der Waals surface area contributed by atoms with Crippen molar-refractivity contribution >= 4 is 17.5 Å². The minimum atomic E-state index is -0.361. The molecule has 1 aromatic carbocycles. The Morgan fingerprint density at radius 1 is 1.17 bits per heavy atom. The molecule has 29 heavy (non-hydrogen) atoms. The fourth-order valence-electron chi connectivity index (χ4n) is 3.99. The Morgan fingerprint density at radius 3 is 2.48 bits per heavy atom. The molecule has 0 aliphatic carbocycles. The number of halogens is 1. The average Bonchev–Trinajstić information content (AvgIpc) is 3.36. The number of carbonyl (C=O) groups excluding carboxylic acids is 2. The summed E-state index contributed by atoms with van der Waals surface area (Å²) in [7, 11) is 0. The first-order chi connectivity index (χ1) is 13.9. The molecule has 2 aliphatic rings. The smallest absolute Gasteiger partial charge is 0.228 e.